The van der Waals surface area contributed by atoms with Crippen LogP contribution in [0.3, 0.4) is 0 Å². The minimum absolute atomic E-state index is 0.416. The van der Waals surface area contributed by atoms with E-state index < -0.39 is 18.0 Å². The van der Waals surface area contributed by atoms with Crippen molar-refractivity contribution in [3.05, 3.63) is 0 Å². The number of carboxylic acid groups (broad SMARTS) is 1. The van der Waals surface area contributed by atoms with Gasteiger partial charge in [-0.3, -0.25) is 0 Å². The van der Waals surface area contributed by atoms with E-state index in [1.807, 2.05) is 6.26 Å². The third-order valence-electron chi connectivity index (χ3n) is 2.82. The number of amides is 2. The zero-order valence-corrected chi connectivity index (χ0v) is 12.8. The van der Waals surface area contributed by atoms with E-state index in [0.29, 0.717) is 18.7 Å². The molecule has 6 nitrogen and oxygen atoms in total. The van der Waals surface area contributed by atoms with Gasteiger partial charge < -0.3 is 20.6 Å². The lowest BCUT2D eigenvalue weighted by molar-refractivity contribution is -0.139. The summed E-state index contributed by atoms with van der Waals surface area (Å²) in [5.41, 5.74) is 0. The lowest BCUT2D eigenvalue weighted by atomic mass is 10.2. The van der Waals surface area contributed by atoms with Gasteiger partial charge in [-0.05, 0) is 31.5 Å². The van der Waals surface area contributed by atoms with Crippen molar-refractivity contribution >= 4 is 23.8 Å². The Morgan fingerprint density at radius 1 is 1.32 bits per heavy atom. The first-order valence-corrected chi connectivity index (χ1v) is 7.92. The molecule has 0 aliphatic heterocycles. The number of likely N-dealkylation sites (N-methyl/N-ethyl adjacent to an activating group) is 1. The smallest absolute Gasteiger partial charge is 0.326 e. The van der Waals surface area contributed by atoms with Crippen LogP contribution in [-0.2, 0) is 4.79 Å². The van der Waals surface area contributed by atoms with Gasteiger partial charge in [0.2, 0.25) is 0 Å². The topological polar surface area (TPSA) is 81.7 Å². The molecular weight excluding hydrogens is 266 g/mol. The van der Waals surface area contributed by atoms with E-state index in [1.54, 1.807) is 11.8 Å². The summed E-state index contributed by atoms with van der Waals surface area (Å²) in [7, 11) is 0. The number of nitrogens with zero attached hydrogens (tertiary/aromatic N) is 1. The Labute approximate surface area is 119 Å². The lowest BCUT2D eigenvalue weighted by Gasteiger charge is -2.19. The van der Waals surface area contributed by atoms with E-state index in [9.17, 15) is 9.59 Å². The molecule has 0 aliphatic rings. The molecule has 1 atom stereocenters. The third kappa shape index (κ3) is 8.72. The molecule has 0 saturated carbocycles. The highest BCUT2D eigenvalue weighted by Crippen LogP contribution is 2.00. The second-order valence-corrected chi connectivity index (χ2v) is 5.09. The second kappa shape index (κ2) is 10.9. The van der Waals surface area contributed by atoms with Gasteiger partial charge in [-0.1, -0.05) is 13.8 Å². The molecule has 112 valence electrons. The van der Waals surface area contributed by atoms with Gasteiger partial charge >= 0.3 is 12.0 Å². The summed E-state index contributed by atoms with van der Waals surface area (Å²) in [5.74, 6) is -0.288. The lowest BCUT2D eigenvalue weighted by Crippen LogP contribution is -2.47. The third-order valence-corrected chi connectivity index (χ3v) is 3.47. The van der Waals surface area contributed by atoms with Gasteiger partial charge in [-0.25, -0.2) is 9.59 Å². The molecule has 0 spiro atoms. The fourth-order valence-corrected chi connectivity index (χ4v) is 2.04. The summed E-state index contributed by atoms with van der Waals surface area (Å²) in [5, 5.41) is 14.1. The minimum atomic E-state index is -0.993. The van der Waals surface area contributed by atoms with E-state index in [0.717, 1.165) is 19.6 Å². The molecule has 0 aromatic carbocycles. The van der Waals surface area contributed by atoms with Crippen molar-refractivity contribution in [3.63, 3.8) is 0 Å². The number of hydrogen-bond acceptors (Lipinski definition) is 4. The Morgan fingerprint density at radius 2 is 1.95 bits per heavy atom. The zero-order chi connectivity index (χ0) is 14.7. The molecule has 0 aromatic heterocycles. The van der Waals surface area contributed by atoms with Crippen molar-refractivity contribution < 1.29 is 14.7 Å². The highest BCUT2D eigenvalue weighted by atomic mass is 32.2. The van der Waals surface area contributed by atoms with Crippen molar-refractivity contribution in [2.75, 3.05) is 38.2 Å². The van der Waals surface area contributed by atoms with Crippen molar-refractivity contribution in [2.45, 2.75) is 26.3 Å². The largest absolute Gasteiger partial charge is 0.480 e. The molecule has 0 aliphatic carbocycles. The van der Waals surface area contributed by atoms with Gasteiger partial charge in [-0.2, -0.15) is 11.8 Å². The molecule has 0 saturated heterocycles. The number of hydrogen-bond donors (Lipinski definition) is 3. The monoisotopic (exact) mass is 291 g/mol. The number of urea groups is 1. The highest BCUT2D eigenvalue weighted by Gasteiger charge is 2.18. The fourth-order valence-electron chi connectivity index (χ4n) is 1.57. The first kappa shape index (κ1) is 18.0. The van der Waals surface area contributed by atoms with Crippen LogP contribution in [0.25, 0.3) is 0 Å². The summed E-state index contributed by atoms with van der Waals surface area (Å²) in [4.78, 5) is 24.7. The van der Waals surface area contributed by atoms with Crippen LogP contribution in [0.2, 0.25) is 0 Å². The van der Waals surface area contributed by atoms with Crippen LogP contribution < -0.4 is 10.6 Å². The van der Waals surface area contributed by atoms with Crippen LogP contribution in [0.15, 0.2) is 0 Å². The van der Waals surface area contributed by atoms with E-state index in [1.165, 1.54) is 0 Å². The van der Waals surface area contributed by atoms with Crippen molar-refractivity contribution in [3.8, 4) is 0 Å². The van der Waals surface area contributed by atoms with Crippen LogP contribution in [0.4, 0.5) is 4.79 Å². The molecule has 0 unspecified atom stereocenters. The summed E-state index contributed by atoms with van der Waals surface area (Å²) in [6, 6.07) is -1.23. The molecule has 0 aromatic rings. The average molecular weight is 291 g/mol. The molecule has 3 N–H and O–H groups in total. The molecule has 2 amide bonds. The van der Waals surface area contributed by atoms with Crippen LogP contribution in [0.5, 0.6) is 0 Å². The van der Waals surface area contributed by atoms with E-state index in [2.05, 4.69) is 29.4 Å². The molecule has 0 fully saturated rings. The number of thioether (sulfide) groups is 1. The fraction of sp³-hybridized carbons (Fsp3) is 0.833. The summed E-state index contributed by atoms with van der Waals surface area (Å²) < 4.78 is 0. The van der Waals surface area contributed by atoms with E-state index >= 15 is 0 Å². The molecule has 19 heavy (non-hydrogen) atoms. The van der Waals surface area contributed by atoms with Crippen molar-refractivity contribution in [2.24, 2.45) is 0 Å². The molecule has 0 rings (SSSR count). The van der Waals surface area contributed by atoms with Gasteiger partial charge in [0.05, 0.1) is 0 Å². The van der Waals surface area contributed by atoms with Gasteiger partial charge in [0.1, 0.15) is 6.04 Å². The van der Waals surface area contributed by atoms with Gasteiger partial charge in [0.25, 0.3) is 0 Å². The van der Waals surface area contributed by atoms with Crippen molar-refractivity contribution in [1.82, 2.24) is 15.5 Å². The Hall–Kier alpha value is -0.950. The van der Waals surface area contributed by atoms with E-state index in [-0.39, 0.29) is 0 Å². The molecular formula is C12H25N3O3S. The number of carbonyl (C=O) groups excluding carboxylic acids is 1. The van der Waals surface area contributed by atoms with Gasteiger partial charge in [0, 0.05) is 13.1 Å². The summed E-state index contributed by atoms with van der Waals surface area (Å²) in [6.45, 7) is 7.28. The number of rotatable bonds is 10. The van der Waals surface area contributed by atoms with Crippen molar-refractivity contribution in [1.29, 1.82) is 0 Å². The van der Waals surface area contributed by atoms with E-state index in [4.69, 9.17) is 5.11 Å². The maximum Gasteiger partial charge on any atom is 0.326 e. The van der Waals surface area contributed by atoms with Gasteiger partial charge in [-0.15, -0.1) is 0 Å². The maximum atomic E-state index is 11.6. The normalized spacial score (nSPS) is 12.2. The molecule has 0 bridgehead atoms. The van der Waals surface area contributed by atoms with Crippen LogP contribution in [0, 0.1) is 0 Å². The first-order valence-electron chi connectivity index (χ1n) is 6.53. The average Bonchev–Trinajstić information content (AvgIpc) is 2.39. The number of carbonyl (C=O) groups is 2. The number of nitrogens with one attached hydrogen (secondary N) is 2. The standard InChI is InChI=1S/C12H25N3O3S/c1-4-15(5-2)8-7-13-12(18)14-10(11(16)17)6-9-19-3/h10H,4-9H2,1-3H3,(H,16,17)(H2,13,14,18)/t10-/m0/s1. The SMILES string of the molecule is CCN(CC)CCNC(=O)N[C@@H](CCSC)C(=O)O. The minimum Gasteiger partial charge on any atom is -0.480 e. The van der Waals surface area contributed by atoms with Crippen LogP contribution in [0.1, 0.15) is 20.3 Å². The summed E-state index contributed by atoms with van der Waals surface area (Å²) >= 11 is 1.56. The maximum absolute atomic E-state index is 11.6. The Morgan fingerprint density at radius 3 is 2.42 bits per heavy atom. The number of aliphatic carboxylic acids is 1. The van der Waals surface area contributed by atoms with Crippen LogP contribution in [-0.4, -0.2) is 66.2 Å². The molecule has 7 heteroatoms. The number of carboxylic acids is 1. The quantitative estimate of drug-likeness (QED) is 0.555. The predicted molar refractivity (Wildman–Crippen MR) is 78.7 cm³/mol. The summed E-state index contributed by atoms with van der Waals surface area (Å²) in [6.07, 6.45) is 2.34. The molecule has 0 heterocycles. The Kier molecular flexibility index (Phi) is 10.4. The van der Waals surface area contributed by atoms with Crippen LogP contribution >= 0.6 is 11.8 Å². The Bertz CT molecular complexity index is 273. The predicted octanol–water partition coefficient (Wildman–Crippen LogP) is 0.834. The van der Waals surface area contributed by atoms with Gasteiger partial charge in [0.15, 0.2) is 0 Å². The first-order chi connectivity index (χ1) is 9.04. The molecule has 0 radical (unpaired) electrons. The zero-order valence-electron chi connectivity index (χ0n) is 11.9. The highest BCUT2D eigenvalue weighted by molar-refractivity contribution is 7.98. The Balaban J connectivity index is 3.95. The second-order valence-electron chi connectivity index (χ2n) is 4.10.